The Bertz CT molecular complexity index is 1230. The minimum atomic E-state index is -0.0913. The number of hydrogen-bond acceptors (Lipinski definition) is 4. The fourth-order valence-corrected chi connectivity index (χ4v) is 4.31. The van der Waals surface area contributed by atoms with Crippen molar-refractivity contribution in [1.82, 2.24) is 19.4 Å². The molecule has 6 heteroatoms. The van der Waals surface area contributed by atoms with E-state index in [4.69, 9.17) is 4.98 Å². The lowest BCUT2D eigenvalue weighted by Crippen LogP contribution is -2.41. The molecular weight excluding hydrogens is 362 g/mol. The van der Waals surface area contributed by atoms with Crippen LogP contribution < -0.4 is 10.5 Å². The van der Waals surface area contributed by atoms with Crippen LogP contribution in [0.3, 0.4) is 0 Å². The zero-order valence-corrected chi connectivity index (χ0v) is 16.8. The fraction of sp³-hybridized carbons (Fsp3) is 0.304. The van der Waals surface area contributed by atoms with E-state index in [9.17, 15) is 4.79 Å². The largest absolute Gasteiger partial charge is 0.371 e. The molecule has 2 aromatic heterocycles. The minimum absolute atomic E-state index is 0.0913. The van der Waals surface area contributed by atoms with Crippen LogP contribution in [0.25, 0.3) is 27.9 Å². The molecule has 0 atom stereocenters. The van der Waals surface area contributed by atoms with Crippen LogP contribution in [0, 0.1) is 0 Å². The molecule has 0 bridgehead atoms. The molecular formula is C23H25N5O. The van der Waals surface area contributed by atoms with Gasteiger partial charge in [-0.15, -0.1) is 0 Å². The third-order valence-corrected chi connectivity index (χ3v) is 6.11. The minimum Gasteiger partial charge on any atom is -0.371 e. The predicted octanol–water partition coefficient (Wildman–Crippen LogP) is 3.40. The number of nitrogens with one attached hydrogen (secondary N) is 1. The zero-order valence-electron chi connectivity index (χ0n) is 16.8. The molecule has 0 unspecified atom stereocenters. The second-order valence-corrected chi connectivity index (χ2v) is 7.97. The number of imidazole rings is 1. The van der Waals surface area contributed by atoms with Crippen molar-refractivity contribution in [3.8, 4) is 5.95 Å². The van der Waals surface area contributed by atoms with Crippen LogP contribution in [-0.2, 0) is 0 Å². The molecule has 1 aliphatic rings. The summed E-state index contributed by atoms with van der Waals surface area (Å²) in [5, 5.41) is 1.01. The van der Waals surface area contributed by atoms with Gasteiger partial charge >= 0.3 is 0 Å². The molecule has 0 spiro atoms. The lowest BCUT2D eigenvalue weighted by atomic mass is 10.0. The highest BCUT2D eigenvalue weighted by Gasteiger charge is 2.21. The topological polar surface area (TPSA) is 57.2 Å². The Balaban J connectivity index is 1.54. The van der Waals surface area contributed by atoms with Gasteiger partial charge in [0.1, 0.15) is 0 Å². The Labute approximate surface area is 169 Å². The predicted molar refractivity (Wildman–Crippen MR) is 118 cm³/mol. The Morgan fingerprint density at radius 1 is 1.07 bits per heavy atom. The third-order valence-electron chi connectivity index (χ3n) is 6.11. The molecule has 0 radical (unpaired) electrons. The highest BCUT2D eigenvalue weighted by atomic mass is 16.1. The molecule has 1 saturated heterocycles. The van der Waals surface area contributed by atoms with Gasteiger partial charge in [-0.1, -0.05) is 18.2 Å². The van der Waals surface area contributed by atoms with Crippen LogP contribution in [0.2, 0.25) is 0 Å². The Kier molecular flexibility index (Phi) is 4.36. The second-order valence-electron chi connectivity index (χ2n) is 7.97. The van der Waals surface area contributed by atoms with Gasteiger partial charge in [-0.2, -0.15) is 0 Å². The van der Waals surface area contributed by atoms with E-state index in [1.54, 1.807) is 10.6 Å². The van der Waals surface area contributed by atoms with Gasteiger partial charge in [0, 0.05) is 24.8 Å². The summed E-state index contributed by atoms with van der Waals surface area (Å²) in [6.07, 6.45) is 2.34. The van der Waals surface area contributed by atoms with Crippen LogP contribution in [0.4, 0.5) is 5.69 Å². The summed E-state index contributed by atoms with van der Waals surface area (Å²) >= 11 is 0. The highest BCUT2D eigenvalue weighted by molar-refractivity contribution is 5.83. The SMILES string of the molecule is CN1CCC(N(C)c2ccc3nc(-n4c(=O)ccc5ccccc54)[nH]c3c2)CC1. The van der Waals surface area contributed by atoms with Crippen LogP contribution in [0.15, 0.2) is 59.4 Å². The van der Waals surface area contributed by atoms with Crippen molar-refractivity contribution >= 4 is 27.6 Å². The summed E-state index contributed by atoms with van der Waals surface area (Å²) in [5.41, 5.74) is 3.74. The van der Waals surface area contributed by atoms with Crippen molar-refractivity contribution in [1.29, 1.82) is 0 Å². The molecule has 1 aliphatic heterocycles. The number of piperidine rings is 1. The standard InChI is InChI=1S/C23H25N5O/c1-26-13-11-17(12-14-26)27(2)18-8-9-19-20(15-18)25-23(24-19)28-21-6-4-3-5-16(21)7-10-22(28)29/h3-10,15,17H,11-14H2,1-2H3,(H,24,25). The number of aromatic nitrogens is 3. The highest BCUT2D eigenvalue weighted by Crippen LogP contribution is 2.26. The van der Waals surface area contributed by atoms with Gasteiger partial charge in [0.05, 0.1) is 16.6 Å². The fourth-order valence-electron chi connectivity index (χ4n) is 4.31. The smallest absolute Gasteiger partial charge is 0.257 e. The Morgan fingerprint density at radius 3 is 2.69 bits per heavy atom. The maximum atomic E-state index is 12.6. The van der Waals surface area contributed by atoms with Gasteiger partial charge in [0.2, 0.25) is 5.95 Å². The first-order chi connectivity index (χ1) is 14.1. The summed E-state index contributed by atoms with van der Waals surface area (Å²) in [6, 6.07) is 18.2. The van der Waals surface area contributed by atoms with Gasteiger partial charge in [0.15, 0.2) is 0 Å². The van der Waals surface area contributed by atoms with Crippen molar-refractivity contribution in [2.24, 2.45) is 0 Å². The maximum Gasteiger partial charge on any atom is 0.257 e. The van der Waals surface area contributed by atoms with E-state index in [0.29, 0.717) is 12.0 Å². The normalized spacial score (nSPS) is 15.9. The molecule has 2 aromatic carbocycles. The van der Waals surface area contributed by atoms with Crippen molar-refractivity contribution in [2.75, 3.05) is 32.1 Å². The molecule has 29 heavy (non-hydrogen) atoms. The third kappa shape index (κ3) is 3.19. The number of benzene rings is 2. The molecule has 1 fully saturated rings. The lowest BCUT2D eigenvalue weighted by Gasteiger charge is -2.36. The summed E-state index contributed by atoms with van der Waals surface area (Å²) in [4.78, 5) is 25.4. The molecule has 1 N–H and O–H groups in total. The van der Waals surface area contributed by atoms with Crippen LogP contribution in [0.1, 0.15) is 12.8 Å². The van der Waals surface area contributed by atoms with Crippen molar-refractivity contribution in [2.45, 2.75) is 18.9 Å². The van der Waals surface area contributed by atoms with E-state index in [-0.39, 0.29) is 5.56 Å². The maximum absolute atomic E-state index is 12.6. The number of rotatable bonds is 3. The van der Waals surface area contributed by atoms with Gasteiger partial charge in [0.25, 0.3) is 5.56 Å². The van der Waals surface area contributed by atoms with Gasteiger partial charge < -0.3 is 14.8 Å². The first kappa shape index (κ1) is 17.9. The molecule has 5 rings (SSSR count). The van der Waals surface area contributed by atoms with Crippen LogP contribution >= 0.6 is 0 Å². The zero-order chi connectivity index (χ0) is 20.0. The molecule has 0 saturated carbocycles. The molecule has 3 heterocycles. The molecule has 4 aromatic rings. The molecule has 6 nitrogen and oxygen atoms in total. The lowest BCUT2D eigenvalue weighted by molar-refractivity contribution is 0.253. The molecule has 0 aliphatic carbocycles. The summed E-state index contributed by atoms with van der Waals surface area (Å²) in [7, 11) is 4.35. The van der Waals surface area contributed by atoms with Crippen molar-refractivity contribution in [3.63, 3.8) is 0 Å². The number of pyridine rings is 1. The van der Waals surface area contributed by atoms with E-state index in [0.717, 1.165) is 35.0 Å². The summed E-state index contributed by atoms with van der Waals surface area (Å²) < 4.78 is 1.65. The number of aromatic amines is 1. The summed E-state index contributed by atoms with van der Waals surface area (Å²) in [5.74, 6) is 0.556. The number of nitrogens with zero attached hydrogens (tertiary/aromatic N) is 4. The number of fused-ring (bicyclic) bond motifs is 2. The van der Waals surface area contributed by atoms with Crippen molar-refractivity contribution < 1.29 is 0 Å². The average molecular weight is 387 g/mol. The number of likely N-dealkylation sites (tertiary alicyclic amines) is 1. The van der Waals surface area contributed by atoms with E-state index >= 15 is 0 Å². The quantitative estimate of drug-likeness (QED) is 0.585. The monoisotopic (exact) mass is 387 g/mol. The van der Waals surface area contributed by atoms with Gasteiger partial charge in [-0.25, -0.2) is 9.55 Å². The Morgan fingerprint density at radius 2 is 1.86 bits per heavy atom. The Hall–Kier alpha value is -3.12. The first-order valence-electron chi connectivity index (χ1n) is 10.1. The van der Waals surface area contributed by atoms with Crippen LogP contribution in [-0.4, -0.2) is 52.7 Å². The molecule has 148 valence electrons. The second kappa shape index (κ2) is 7.04. The number of para-hydroxylation sites is 1. The first-order valence-corrected chi connectivity index (χ1v) is 10.1. The van der Waals surface area contributed by atoms with Gasteiger partial charge in [-0.05, 0) is 68.7 Å². The number of hydrogen-bond donors (Lipinski definition) is 1. The summed E-state index contributed by atoms with van der Waals surface area (Å²) in [6.45, 7) is 2.27. The van der Waals surface area contributed by atoms with E-state index in [2.05, 4.69) is 41.0 Å². The van der Waals surface area contributed by atoms with E-state index in [1.807, 2.05) is 36.4 Å². The van der Waals surface area contributed by atoms with Crippen molar-refractivity contribution in [3.05, 3.63) is 65.0 Å². The van der Waals surface area contributed by atoms with Crippen LogP contribution in [0.5, 0.6) is 0 Å². The van der Waals surface area contributed by atoms with Gasteiger partial charge in [-0.3, -0.25) is 4.79 Å². The number of H-pyrrole nitrogens is 1. The van der Waals surface area contributed by atoms with E-state index < -0.39 is 0 Å². The average Bonchev–Trinajstić information content (AvgIpc) is 3.16. The number of anilines is 1. The molecule has 0 amide bonds. The van der Waals surface area contributed by atoms with E-state index in [1.165, 1.54) is 18.5 Å².